The molecule has 5 heteroatoms. The zero-order valence-corrected chi connectivity index (χ0v) is 13.9. The summed E-state index contributed by atoms with van der Waals surface area (Å²) in [5.41, 5.74) is 2.71. The summed E-state index contributed by atoms with van der Waals surface area (Å²) in [5.74, 6) is -0.138. The third-order valence-corrected chi connectivity index (χ3v) is 3.81. The van der Waals surface area contributed by atoms with Gasteiger partial charge in [0.05, 0.1) is 11.2 Å². The first kappa shape index (κ1) is 15.9. The number of fused-ring (bicyclic) bond motifs is 1. The van der Waals surface area contributed by atoms with Gasteiger partial charge in [-0.1, -0.05) is 30.3 Å². The van der Waals surface area contributed by atoms with Gasteiger partial charge in [0.1, 0.15) is 0 Å². The molecule has 1 heterocycles. The number of nitrogens with zero attached hydrogens (tertiary/aromatic N) is 2. The van der Waals surface area contributed by atoms with Gasteiger partial charge < -0.3 is 5.32 Å². The Morgan fingerprint density at radius 2 is 1.83 bits per heavy atom. The van der Waals surface area contributed by atoms with Gasteiger partial charge in [0.15, 0.2) is 0 Å². The zero-order chi connectivity index (χ0) is 17.3. The molecule has 1 aromatic heterocycles. The number of amides is 1. The third kappa shape index (κ3) is 2.93. The van der Waals surface area contributed by atoms with Crippen molar-refractivity contribution in [3.63, 3.8) is 0 Å². The van der Waals surface area contributed by atoms with Crippen LogP contribution in [-0.4, -0.2) is 15.5 Å². The van der Waals surface area contributed by atoms with Crippen molar-refractivity contribution in [1.29, 1.82) is 0 Å². The maximum absolute atomic E-state index is 12.5. The third-order valence-electron chi connectivity index (χ3n) is 3.81. The molecule has 1 N–H and O–H groups in total. The van der Waals surface area contributed by atoms with Gasteiger partial charge in [-0.25, -0.2) is 4.79 Å². The van der Waals surface area contributed by atoms with Crippen LogP contribution in [0.15, 0.2) is 53.3 Å². The molecule has 0 aliphatic carbocycles. The number of hydrogen-bond donors (Lipinski definition) is 1. The van der Waals surface area contributed by atoms with E-state index in [1.165, 1.54) is 6.92 Å². The lowest BCUT2D eigenvalue weighted by Gasteiger charge is -2.16. The van der Waals surface area contributed by atoms with Gasteiger partial charge in [-0.3, -0.25) is 9.36 Å². The first-order valence-electron chi connectivity index (χ1n) is 7.86. The highest BCUT2D eigenvalue weighted by Gasteiger charge is 2.14. The maximum Gasteiger partial charge on any atom is 0.348 e. The fourth-order valence-electron chi connectivity index (χ4n) is 2.84. The monoisotopic (exact) mass is 321 g/mol. The van der Waals surface area contributed by atoms with E-state index in [1.54, 1.807) is 10.6 Å². The summed E-state index contributed by atoms with van der Waals surface area (Å²) in [5, 5.41) is 3.62. The van der Waals surface area contributed by atoms with E-state index >= 15 is 0 Å². The lowest BCUT2D eigenvalue weighted by atomic mass is 10.1. The van der Waals surface area contributed by atoms with Crippen molar-refractivity contribution in [3.05, 3.63) is 59.0 Å². The number of carbonyl (C=O) groups excluding carboxylic acids is 1. The molecule has 3 rings (SSSR count). The molecule has 2 aromatic carbocycles. The molecule has 0 aliphatic heterocycles. The Balaban J connectivity index is 2.36. The summed E-state index contributed by atoms with van der Waals surface area (Å²) in [7, 11) is 0. The molecule has 0 aliphatic rings. The minimum Gasteiger partial charge on any atom is -0.326 e. The highest BCUT2D eigenvalue weighted by Crippen LogP contribution is 2.28. The standard InChI is InChI=1S/C19H19N3O2/c1-12(2)22-17-10-9-15(20-13(3)23)11-16(17)18(21-19(22)24)14-7-5-4-6-8-14/h4-12H,1-3H3,(H,20,23). The minimum atomic E-state index is -0.274. The number of rotatable bonds is 3. The molecule has 0 radical (unpaired) electrons. The molecule has 5 nitrogen and oxygen atoms in total. The first-order valence-corrected chi connectivity index (χ1v) is 7.86. The molecule has 1 amide bonds. The van der Waals surface area contributed by atoms with Gasteiger partial charge in [-0.05, 0) is 32.0 Å². The number of benzene rings is 2. The van der Waals surface area contributed by atoms with E-state index in [0.717, 1.165) is 16.5 Å². The van der Waals surface area contributed by atoms with Crippen LogP contribution in [0.2, 0.25) is 0 Å². The predicted molar refractivity (Wildman–Crippen MR) is 96.1 cm³/mol. The fraction of sp³-hybridized carbons (Fsp3) is 0.211. The lowest BCUT2D eigenvalue weighted by Crippen LogP contribution is -2.25. The Hall–Kier alpha value is -2.95. The summed E-state index contributed by atoms with van der Waals surface area (Å²) in [6.45, 7) is 5.37. The molecule has 0 bridgehead atoms. The van der Waals surface area contributed by atoms with Gasteiger partial charge in [0.25, 0.3) is 0 Å². The van der Waals surface area contributed by atoms with Crippen molar-refractivity contribution in [3.8, 4) is 11.3 Å². The number of anilines is 1. The average Bonchev–Trinajstić information content (AvgIpc) is 2.54. The summed E-state index contributed by atoms with van der Waals surface area (Å²) in [6.07, 6.45) is 0. The Morgan fingerprint density at radius 3 is 2.46 bits per heavy atom. The molecule has 3 aromatic rings. The van der Waals surface area contributed by atoms with Crippen LogP contribution in [-0.2, 0) is 4.79 Å². The van der Waals surface area contributed by atoms with Crippen LogP contribution in [0.5, 0.6) is 0 Å². The lowest BCUT2D eigenvalue weighted by molar-refractivity contribution is -0.114. The zero-order valence-electron chi connectivity index (χ0n) is 13.9. The summed E-state index contributed by atoms with van der Waals surface area (Å²) < 4.78 is 1.67. The van der Waals surface area contributed by atoms with E-state index in [1.807, 2.05) is 56.3 Å². The number of carbonyl (C=O) groups is 1. The second kappa shape index (κ2) is 6.28. The van der Waals surface area contributed by atoms with Crippen LogP contribution >= 0.6 is 0 Å². The van der Waals surface area contributed by atoms with Crippen molar-refractivity contribution in [2.75, 3.05) is 5.32 Å². The molecular formula is C19H19N3O2. The van der Waals surface area contributed by atoms with Crippen LogP contribution in [0.3, 0.4) is 0 Å². The van der Waals surface area contributed by atoms with Crippen molar-refractivity contribution in [1.82, 2.24) is 9.55 Å². The van der Waals surface area contributed by atoms with Crippen molar-refractivity contribution >= 4 is 22.5 Å². The summed E-state index contributed by atoms with van der Waals surface area (Å²) in [4.78, 5) is 28.2. The van der Waals surface area contributed by atoms with Crippen molar-refractivity contribution < 1.29 is 4.79 Å². The first-order chi connectivity index (χ1) is 11.5. The van der Waals surface area contributed by atoms with E-state index in [4.69, 9.17) is 0 Å². The quantitative estimate of drug-likeness (QED) is 0.801. The molecule has 0 atom stereocenters. The molecule has 0 fully saturated rings. The Labute approximate surface area is 140 Å². The van der Waals surface area contributed by atoms with E-state index < -0.39 is 0 Å². The van der Waals surface area contributed by atoms with Gasteiger partial charge in [-0.15, -0.1) is 0 Å². The highest BCUT2D eigenvalue weighted by molar-refractivity contribution is 5.97. The van der Waals surface area contributed by atoms with Crippen LogP contribution in [0.25, 0.3) is 22.2 Å². The molecule has 0 unspecified atom stereocenters. The van der Waals surface area contributed by atoms with E-state index in [9.17, 15) is 9.59 Å². The largest absolute Gasteiger partial charge is 0.348 e. The number of hydrogen-bond acceptors (Lipinski definition) is 3. The molecular weight excluding hydrogens is 302 g/mol. The minimum absolute atomic E-state index is 0.0102. The van der Waals surface area contributed by atoms with Crippen LogP contribution < -0.4 is 11.0 Å². The van der Waals surface area contributed by atoms with Gasteiger partial charge in [0.2, 0.25) is 5.91 Å². The van der Waals surface area contributed by atoms with Gasteiger partial charge in [0, 0.05) is 29.6 Å². The highest BCUT2D eigenvalue weighted by atomic mass is 16.1. The average molecular weight is 321 g/mol. The SMILES string of the molecule is CC(=O)Nc1ccc2c(c1)c(-c1ccccc1)nc(=O)n2C(C)C. The topological polar surface area (TPSA) is 64.0 Å². The van der Waals surface area contributed by atoms with Crippen LogP contribution in [0.4, 0.5) is 5.69 Å². The second-order valence-corrected chi connectivity index (χ2v) is 5.99. The fourth-order valence-corrected chi connectivity index (χ4v) is 2.84. The molecule has 24 heavy (non-hydrogen) atoms. The maximum atomic E-state index is 12.5. The smallest absolute Gasteiger partial charge is 0.326 e. The van der Waals surface area contributed by atoms with Crippen LogP contribution in [0.1, 0.15) is 26.8 Å². The Bertz CT molecular complexity index is 960. The summed E-state index contributed by atoms with van der Waals surface area (Å²) in [6, 6.07) is 15.1. The van der Waals surface area contributed by atoms with Gasteiger partial charge in [-0.2, -0.15) is 4.98 Å². The van der Waals surface area contributed by atoms with E-state index in [2.05, 4.69) is 10.3 Å². The normalized spacial score (nSPS) is 11.0. The van der Waals surface area contributed by atoms with Crippen LogP contribution in [0, 0.1) is 0 Å². The molecule has 0 saturated carbocycles. The van der Waals surface area contributed by atoms with Crippen molar-refractivity contribution in [2.24, 2.45) is 0 Å². The molecule has 0 saturated heterocycles. The molecule has 122 valence electrons. The second-order valence-electron chi connectivity index (χ2n) is 5.99. The Morgan fingerprint density at radius 1 is 1.12 bits per heavy atom. The number of nitrogens with one attached hydrogen (secondary N) is 1. The predicted octanol–water partition coefficient (Wildman–Crippen LogP) is 3.60. The van der Waals surface area contributed by atoms with Gasteiger partial charge >= 0.3 is 5.69 Å². The molecule has 0 spiro atoms. The van der Waals surface area contributed by atoms with E-state index in [0.29, 0.717) is 11.4 Å². The Kier molecular flexibility index (Phi) is 4.16. The number of aromatic nitrogens is 2. The van der Waals surface area contributed by atoms with Crippen molar-refractivity contribution in [2.45, 2.75) is 26.8 Å². The van der Waals surface area contributed by atoms with E-state index in [-0.39, 0.29) is 17.6 Å². The summed E-state index contributed by atoms with van der Waals surface area (Å²) >= 11 is 0.